The van der Waals surface area contributed by atoms with Crippen LogP contribution in [0.2, 0.25) is 0 Å². The third kappa shape index (κ3) is 231. The molecule has 0 bridgehead atoms. The Morgan fingerprint density at radius 3 is 0.923 bits per heavy atom. The molecule has 0 radical (unpaired) electrons. The average Bonchev–Trinajstić information content (AvgIpc) is 1.12. The minimum absolute atomic E-state index is 0. The van der Waals surface area contributed by atoms with Gasteiger partial charge in [-0.1, -0.05) is 0 Å². The van der Waals surface area contributed by atoms with Gasteiger partial charge in [-0.2, -0.15) is 7.82 Å². The normalized spacial score (nSPS) is 9.00. The zero-order chi connectivity index (χ0) is 9.00. The molecular weight excluding hydrogens is 294 g/mol. The van der Waals surface area contributed by atoms with Crippen molar-refractivity contribution in [2.45, 2.75) is 0 Å². The maximum atomic E-state index is 8.55. The summed E-state index contributed by atoms with van der Waals surface area (Å²) < 4.78 is 42.6. The molecule has 0 fully saturated rings. The number of rotatable bonds is 0. The second kappa shape index (κ2) is 13.6. The van der Waals surface area contributed by atoms with Crippen LogP contribution in [0.3, 0.4) is 0 Å². The van der Waals surface area contributed by atoms with Gasteiger partial charge in [0.1, 0.15) is 0 Å². The first-order valence-electron chi connectivity index (χ1n) is 1.40. The van der Waals surface area contributed by atoms with Gasteiger partial charge in [-0.25, -0.2) is 0 Å². The fourth-order valence-electron chi connectivity index (χ4n) is 0. The van der Waals surface area contributed by atoms with E-state index in [9.17, 15) is 0 Å². The molecule has 0 aliphatic heterocycles. The van der Waals surface area contributed by atoms with E-state index < -0.39 is 18.2 Å². The molecule has 0 aliphatic carbocycles. The molecule has 0 atom stereocenters. The largest absolute Gasteiger partial charge is 2.00 e. The zero-order valence-electron chi connectivity index (χ0n) is 6.54. The summed E-state index contributed by atoms with van der Waals surface area (Å²) in [4.78, 5) is 25.6. The fraction of sp³-hybridized carbons (Fsp3) is 0. The molecule has 0 aromatic carbocycles. The molecule has 0 aromatic heterocycles. The van der Waals surface area contributed by atoms with Gasteiger partial charge in [-0.15, -0.1) is 0 Å². The molecule has 64 valence electrons. The van der Waals surface area contributed by atoms with Gasteiger partial charge in [-0.05, 0) is 0 Å². The molecule has 0 rings (SSSR count). The predicted molar refractivity (Wildman–Crippen MR) is 29.6 cm³/mol. The van der Waals surface area contributed by atoms with Crippen molar-refractivity contribution < 1.29 is 66.3 Å². The van der Waals surface area contributed by atoms with E-state index in [2.05, 4.69) is 0 Å². The minimum Gasteiger partial charge on any atom is -0.822 e. The van der Waals surface area contributed by atoms with Crippen LogP contribution >= 0.6 is 7.82 Å². The molecule has 0 unspecified atom stereocenters. The molecule has 0 saturated heterocycles. The molecule has 8 nitrogen and oxygen atoms in total. The minimum atomic E-state index is -5.39. The van der Waals surface area contributed by atoms with Crippen LogP contribution in [0.1, 0.15) is 0 Å². The molecule has 0 spiro atoms. The Labute approximate surface area is 157 Å². The quantitative estimate of drug-likeness (QED) is 0.184. The van der Waals surface area contributed by atoms with Crippen molar-refractivity contribution in [2.75, 3.05) is 0 Å². The Balaban J connectivity index is -0.0000000267. The molecule has 0 aliphatic rings. The van der Waals surface area contributed by atoms with E-state index in [4.69, 9.17) is 36.8 Å². The maximum Gasteiger partial charge on any atom is 2.00 e. The molecular formula is Ca2NaO8PS. The third-order valence-electron chi connectivity index (χ3n) is 0. The monoisotopic (exact) mass is 294 g/mol. The van der Waals surface area contributed by atoms with Crippen LogP contribution in [0, 0.1) is 0 Å². The first kappa shape index (κ1) is 30.0. The smallest absolute Gasteiger partial charge is 0.822 e. The van der Waals surface area contributed by atoms with E-state index in [0.717, 1.165) is 0 Å². The van der Waals surface area contributed by atoms with Crippen LogP contribution in [0.4, 0.5) is 0 Å². The number of hydrogen-bond acceptors (Lipinski definition) is 8. The summed E-state index contributed by atoms with van der Waals surface area (Å²) >= 11 is 0. The van der Waals surface area contributed by atoms with Gasteiger partial charge < -0.3 is 28.4 Å². The molecule has 13 heteroatoms. The van der Waals surface area contributed by atoms with Crippen LogP contribution in [-0.4, -0.2) is 93.0 Å². The van der Waals surface area contributed by atoms with Crippen molar-refractivity contribution in [1.29, 1.82) is 0 Å². The summed E-state index contributed by atoms with van der Waals surface area (Å²) in [5.74, 6) is 0. The van der Waals surface area contributed by atoms with Crippen LogP contribution in [0.15, 0.2) is 0 Å². The number of phosphoric acid groups is 1. The van der Waals surface area contributed by atoms with Crippen LogP contribution in [0.5, 0.6) is 0 Å². The standard InChI is InChI=1S/2Ca.Na.H3O4P.H2O4S/c;;;2*1-5(2,3)4/h;;;(H3,1,2,3,4);(H2,1,2,3,4)/q2*+2;+1;;/p-5. The van der Waals surface area contributed by atoms with Gasteiger partial charge in [-0.3, -0.25) is 8.42 Å². The molecule has 13 heavy (non-hydrogen) atoms. The summed E-state index contributed by atoms with van der Waals surface area (Å²) in [5, 5.41) is 0. The Morgan fingerprint density at radius 1 is 0.923 bits per heavy atom. The van der Waals surface area contributed by atoms with E-state index in [0.29, 0.717) is 0 Å². The van der Waals surface area contributed by atoms with Crippen LogP contribution in [0.25, 0.3) is 0 Å². The Hall–Kier alpha value is 3.50. The summed E-state index contributed by atoms with van der Waals surface area (Å²) in [6, 6.07) is 0. The van der Waals surface area contributed by atoms with Gasteiger partial charge in [0.15, 0.2) is 0 Å². The molecule has 0 N–H and O–H groups in total. The van der Waals surface area contributed by atoms with E-state index >= 15 is 0 Å². The van der Waals surface area contributed by atoms with Crippen molar-refractivity contribution in [3.63, 3.8) is 0 Å². The summed E-state index contributed by atoms with van der Waals surface area (Å²) in [5.41, 5.74) is 0. The van der Waals surface area contributed by atoms with Gasteiger partial charge >= 0.3 is 105 Å². The summed E-state index contributed by atoms with van der Waals surface area (Å²) in [7, 11) is -10.6. The zero-order valence-corrected chi connectivity index (χ0v) is 14.7. The van der Waals surface area contributed by atoms with E-state index in [1.54, 1.807) is 0 Å². The SMILES string of the molecule is O=P([O-])([O-])[O-].O=S(=O)([O-])[O-].[Ca+2].[Ca+2].[Na+]. The van der Waals surface area contributed by atoms with Crippen molar-refractivity contribution in [3.05, 3.63) is 0 Å². The van der Waals surface area contributed by atoms with Crippen LogP contribution in [-0.2, 0) is 15.0 Å². The van der Waals surface area contributed by atoms with Crippen molar-refractivity contribution >= 4 is 93.7 Å². The predicted octanol–water partition coefficient (Wildman–Crippen LogP) is -7.92. The van der Waals surface area contributed by atoms with Crippen molar-refractivity contribution in [2.24, 2.45) is 0 Å². The Morgan fingerprint density at radius 2 is 0.923 bits per heavy atom. The topological polar surface area (TPSA) is 167 Å². The van der Waals surface area contributed by atoms with Gasteiger partial charge in [0, 0.05) is 10.4 Å². The molecule has 0 aromatic rings. The fourth-order valence-corrected chi connectivity index (χ4v) is 0. The second-order valence-corrected chi connectivity index (χ2v) is 2.57. The first-order valence-corrected chi connectivity index (χ1v) is 4.19. The van der Waals surface area contributed by atoms with Crippen LogP contribution < -0.4 is 44.2 Å². The van der Waals surface area contributed by atoms with Gasteiger partial charge in [0.05, 0.1) is 0 Å². The second-order valence-electron chi connectivity index (χ2n) is 0.855. The molecule has 0 amide bonds. The van der Waals surface area contributed by atoms with E-state index in [-0.39, 0.29) is 105 Å². The molecule has 0 heterocycles. The van der Waals surface area contributed by atoms with Crippen molar-refractivity contribution in [1.82, 2.24) is 0 Å². The van der Waals surface area contributed by atoms with Crippen molar-refractivity contribution in [3.8, 4) is 0 Å². The Kier molecular flexibility index (Phi) is 31.3. The van der Waals surface area contributed by atoms with E-state index in [1.165, 1.54) is 0 Å². The van der Waals surface area contributed by atoms with Gasteiger partial charge in [0.25, 0.3) is 0 Å². The summed E-state index contributed by atoms with van der Waals surface area (Å²) in [6.07, 6.45) is 0. The maximum absolute atomic E-state index is 8.55. The summed E-state index contributed by atoms with van der Waals surface area (Å²) in [6.45, 7) is 0. The number of hydrogen-bond donors (Lipinski definition) is 0. The van der Waals surface area contributed by atoms with Gasteiger partial charge in [0.2, 0.25) is 0 Å². The Bertz CT molecular complexity index is 200. The first-order chi connectivity index (χ1) is 4.00. The molecule has 0 saturated carbocycles. The average molecular weight is 294 g/mol. The third-order valence-corrected chi connectivity index (χ3v) is 0. The van der Waals surface area contributed by atoms with E-state index in [1.807, 2.05) is 0 Å².